The zero-order chi connectivity index (χ0) is 35.6. The van der Waals surface area contributed by atoms with Gasteiger partial charge in [0.05, 0.1) is 19.1 Å². The van der Waals surface area contributed by atoms with Crippen LogP contribution in [-0.2, 0) is 44.1 Å². The van der Waals surface area contributed by atoms with Crippen LogP contribution in [0.5, 0.6) is 11.5 Å². The predicted octanol–water partition coefficient (Wildman–Crippen LogP) is 6.25. The smallest absolute Gasteiger partial charge is 0.307 e. The third kappa shape index (κ3) is 9.25. The van der Waals surface area contributed by atoms with Crippen molar-refractivity contribution >= 4 is 11.9 Å². The number of aryl methyl sites for hydroxylation is 1. The average Bonchev–Trinajstić information content (AvgIpc) is 2.90. The lowest BCUT2D eigenvalue weighted by molar-refractivity contribution is -0.150. The minimum Gasteiger partial charge on any atom is -0.507 e. The van der Waals surface area contributed by atoms with E-state index in [1.165, 1.54) is 0 Å². The van der Waals surface area contributed by atoms with Gasteiger partial charge in [-0.05, 0) is 67.9 Å². The monoisotopic (exact) mass is 641 g/mol. The van der Waals surface area contributed by atoms with E-state index in [2.05, 4.69) is 5.32 Å². The zero-order valence-corrected chi connectivity index (χ0v) is 30.2. The Morgan fingerprint density at radius 1 is 0.652 bits per heavy atom. The van der Waals surface area contributed by atoms with Gasteiger partial charge in [-0.25, -0.2) is 0 Å². The van der Waals surface area contributed by atoms with E-state index >= 15 is 0 Å². The van der Waals surface area contributed by atoms with Crippen LogP contribution in [0.2, 0.25) is 0 Å². The second-order valence-corrected chi connectivity index (χ2v) is 17.1. The maximum atomic E-state index is 13.1. The number of hydrogen-bond donors (Lipinski definition) is 6. The van der Waals surface area contributed by atoms with E-state index in [0.29, 0.717) is 23.1 Å². The van der Waals surface area contributed by atoms with Crippen LogP contribution < -0.4 is 5.32 Å². The number of aliphatic hydroxyl groups excluding tert-OH is 2. The fourth-order valence-electron chi connectivity index (χ4n) is 5.87. The topological polar surface area (TPSA) is 147 Å². The fourth-order valence-corrected chi connectivity index (χ4v) is 5.87. The number of amides is 1. The predicted molar refractivity (Wildman–Crippen MR) is 184 cm³/mol. The number of phenols is 2. The summed E-state index contributed by atoms with van der Waals surface area (Å²) in [5.41, 5.74) is 1.54. The third-order valence-electron chi connectivity index (χ3n) is 8.96. The lowest BCUT2D eigenvalue weighted by atomic mass is 9.71. The summed E-state index contributed by atoms with van der Waals surface area (Å²) in [6.45, 7) is 22.5. The van der Waals surface area contributed by atoms with E-state index in [-0.39, 0.29) is 47.6 Å². The standard InChI is InChI=1S/C38H59NO7/c1-34(2,3)25-15-23(16-26(31(25)43)35(4,5)6)13-14-30(42)39-20-38(21-40,22-41)29(33(45)46)19-24-17-27(36(7,8)9)32(44)28(18-24)37(10,11)12/h15-18,29,40-41,43-44H,13-14,19-22H2,1-12H3,(H,39,42)(H,45,46). The second kappa shape index (κ2) is 13.9. The molecule has 2 aromatic rings. The van der Waals surface area contributed by atoms with Crippen molar-refractivity contribution in [1.82, 2.24) is 5.32 Å². The maximum Gasteiger partial charge on any atom is 0.307 e. The molecule has 2 aromatic carbocycles. The Balaban J connectivity index is 2.37. The van der Waals surface area contributed by atoms with Gasteiger partial charge in [0.2, 0.25) is 5.91 Å². The van der Waals surface area contributed by atoms with Crippen LogP contribution in [0.15, 0.2) is 24.3 Å². The van der Waals surface area contributed by atoms with Crippen LogP contribution in [0, 0.1) is 11.3 Å². The number of carbonyl (C=O) groups excluding carboxylic acids is 1. The van der Waals surface area contributed by atoms with Crippen LogP contribution in [0.25, 0.3) is 0 Å². The summed E-state index contributed by atoms with van der Waals surface area (Å²) in [5, 5.41) is 56.3. The van der Waals surface area contributed by atoms with E-state index in [4.69, 9.17) is 0 Å². The average molecular weight is 642 g/mol. The number of aliphatic hydroxyl groups is 2. The van der Waals surface area contributed by atoms with E-state index in [9.17, 15) is 35.1 Å². The minimum atomic E-state index is -1.54. The van der Waals surface area contributed by atoms with Gasteiger partial charge in [0, 0.05) is 18.4 Å². The Kier molecular flexibility index (Phi) is 11.8. The highest BCUT2D eigenvalue weighted by atomic mass is 16.4. The number of carbonyl (C=O) groups is 2. The fraction of sp³-hybridized carbons (Fsp3) is 0.632. The summed E-state index contributed by atoms with van der Waals surface area (Å²) in [7, 11) is 0. The summed E-state index contributed by atoms with van der Waals surface area (Å²) in [6, 6.07) is 7.46. The third-order valence-corrected chi connectivity index (χ3v) is 8.96. The molecule has 0 spiro atoms. The maximum absolute atomic E-state index is 13.1. The number of benzene rings is 2. The molecule has 8 nitrogen and oxygen atoms in total. The molecule has 1 unspecified atom stereocenters. The van der Waals surface area contributed by atoms with Gasteiger partial charge >= 0.3 is 5.97 Å². The van der Waals surface area contributed by atoms with Crippen LogP contribution >= 0.6 is 0 Å². The second-order valence-electron chi connectivity index (χ2n) is 17.1. The molecule has 46 heavy (non-hydrogen) atoms. The number of rotatable bonds is 11. The van der Waals surface area contributed by atoms with Crippen LogP contribution in [0.1, 0.15) is 123 Å². The van der Waals surface area contributed by atoms with E-state index < -0.39 is 41.3 Å². The summed E-state index contributed by atoms with van der Waals surface area (Å²) < 4.78 is 0. The van der Waals surface area contributed by atoms with Gasteiger partial charge in [-0.15, -0.1) is 0 Å². The molecule has 0 fully saturated rings. The molecule has 1 amide bonds. The van der Waals surface area contributed by atoms with Crippen molar-refractivity contribution in [2.75, 3.05) is 19.8 Å². The van der Waals surface area contributed by atoms with Gasteiger partial charge in [0.25, 0.3) is 0 Å². The first kappa shape index (κ1) is 39.1. The van der Waals surface area contributed by atoms with Crippen LogP contribution in [-0.4, -0.2) is 57.2 Å². The van der Waals surface area contributed by atoms with Gasteiger partial charge in [-0.3, -0.25) is 9.59 Å². The van der Waals surface area contributed by atoms with Crippen molar-refractivity contribution in [3.05, 3.63) is 57.6 Å². The summed E-state index contributed by atoms with van der Waals surface area (Å²) in [4.78, 5) is 25.8. The molecule has 0 aliphatic carbocycles. The van der Waals surface area contributed by atoms with E-state index in [0.717, 1.165) is 16.7 Å². The molecule has 1 atom stereocenters. The summed E-state index contributed by atoms with van der Waals surface area (Å²) in [6.07, 6.45) is 0.479. The first-order valence-corrected chi connectivity index (χ1v) is 16.2. The number of aliphatic carboxylic acids is 1. The van der Waals surface area contributed by atoms with Crippen molar-refractivity contribution in [2.24, 2.45) is 11.3 Å². The first-order valence-electron chi connectivity index (χ1n) is 16.2. The minimum absolute atomic E-state index is 0.0164. The largest absolute Gasteiger partial charge is 0.507 e. The molecule has 6 N–H and O–H groups in total. The van der Waals surface area contributed by atoms with Crippen molar-refractivity contribution in [3.63, 3.8) is 0 Å². The van der Waals surface area contributed by atoms with Crippen molar-refractivity contribution in [1.29, 1.82) is 0 Å². The molecule has 2 rings (SSSR count). The highest BCUT2D eigenvalue weighted by Gasteiger charge is 2.43. The molecule has 258 valence electrons. The lowest BCUT2D eigenvalue weighted by Crippen LogP contribution is -2.51. The molecule has 0 saturated carbocycles. The van der Waals surface area contributed by atoms with Gasteiger partial charge in [0.1, 0.15) is 11.5 Å². The number of nitrogens with one attached hydrogen (secondary N) is 1. The molecule has 0 heterocycles. The van der Waals surface area contributed by atoms with E-state index in [1.807, 2.05) is 95.2 Å². The summed E-state index contributed by atoms with van der Waals surface area (Å²) >= 11 is 0. The van der Waals surface area contributed by atoms with Crippen LogP contribution in [0.3, 0.4) is 0 Å². The van der Waals surface area contributed by atoms with Crippen molar-refractivity contribution < 1.29 is 35.1 Å². The first-order chi connectivity index (χ1) is 20.8. The van der Waals surface area contributed by atoms with Crippen molar-refractivity contribution in [3.8, 4) is 11.5 Å². The Labute approximate surface area is 276 Å². The number of carboxylic acids is 1. The highest BCUT2D eigenvalue weighted by Crippen LogP contribution is 2.42. The van der Waals surface area contributed by atoms with Crippen molar-refractivity contribution in [2.45, 2.75) is 124 Å². The quantitative estimate of drug-likeness (QED) is 0.170. The molecule has 0 aliphatic heterocycles. The number of aromatic hydroxyl groups is 2. The Morgan fingerprint density at radius 3 is 1.30 bits per heavy atom. The van der Waals surface area contributed by atoms with Gasteiger partial charge in [-0.1, -0.05) is 107 Å². The molecule has 0 aliphatic rings. The SMILES string of the molecule is CC(C)(C)c1cc(CCC(=O)NCC(CO)(CO)C(Cc2cc(C(C)(C)C)c(O)c(C(C)(C)C)c2)C(=O)O)cc(C(C)(C)C)c1O. The normalized spacial score (nSPS) is 13.9. The Morgan fingerprint density at radius 2 is 1.00 bits per heavy atom. The number of phenolic OH excluding ortho intramolecular Hbond substituents is 2. The van der Waals surface area contributed by atoms with Gasteiger partial charge in [-0.2, -0.15) is 0 Å². The number of hydrogen-bond acceptors (Lipinski definition) is 6. The van der Waals surface area contributed by atoms with Gasteiger partial charge < -0.3 is 30.8 Å². The van der Waals surface area contributed by atoms with Gasteiger partial charge in [0.15, 0.2) is 0 Å². The van der Waals surface area contributed by atoms with Crippen LogP contribution in [0.4, 0.5) is 0 Å². The number of carboxylic acid groups (broad SMARTS) is 1. The Hall–Kier alpha value is -3.10. The molecule has 0 bridgehead atoms. The molecular weight excluding hydrogens is 582 g/mol. The molecule has 0 radical (unpaired) electrons. The molecular formula is C38H59NO7. The summed E-state index contributed by atoms with van der Waals surface area (Å²) in [5.74, 6) is -2.33. The van der Waals surface area contributed by atoms with E-state index in [1.54, 1.807) is 12.1 Å². The Bertz CT molecular complexity index is 1320. The lowest BCUT2D eigenvalue weighted by Gasteiger charge is -2.36. The molecule has 8 heteroatoms. The zero-order valence-electron chi connectivity index (χ0n) is 30.2. The molecule has 0 saturated heterocycles. The molecule has 0 aromatic heterocycles. The highest BCUT2D eigenvalue weighted by molar-refractivity contribution is 5.77.